The monoisotopic (exact) mass is 250 g/mol. The lowest BCUT2D eigenvalue weighted by Crippen LogP contribution is -1.91. The van der Waals surface area contributed by atoms with Crippen LogP contribution in [0.4, 0.5) is 4.39 Å². The van der Waals surface area contributed by atoms with Gasteiger partial charge in [-0.05, 0) is 49.2 Å². The fourth-order valence-corrected chi connectivity index (χ4v) is 2.14. The molecule has 0 aliphatic carbocycles. The molecule has 0 aliphatic rings. The van der Waals surface area contributed by atoms with Gasteiger partial charge >= 0.3 is 0 Å². The van der Waals surface area contributed by atoms with Crippen LogP contribution in [0.2, 0.25) is 5.02 Å². The molecule has 17 heavy (non-hydrogen) atoms. The van der Waals surface area contributed by atoms with Crippen molar-refractivity contribution in [3.63, 3.8) is 0 Å². The molecule has 0 amide bonds. The van der Waals surface area contributed by atoms with Gasteiger partial charge in [0.2, 0.25) is 0 Å². The molecule has 0 fully saturated rings. The first-order valence-electron chi connectivity index (χ1n) is 5.24. The maximum absolute atomic E-state index is 14.0. The maximum atomic E-state index is 14.0. The standard InChI is InChI=1S/C14H12ClFO/c1-8-5-9(2)14(12(16)6-8)11-7-10(15)3-4-13(11)17/h3-7,17H,1-2H3. The number of benzene rings is 2. The van der Waals surface area contributed by atoms with Crippen LogP contribution in [0.15, 0.2) is 30.3 Å². The second-order valence-electron chi connectivity index (χ2n) is 4.10. The molecule has 0 unspecified atom stereocenters. The van der Waals surface area contributed by atoms with Crippen molar-refractivity contribution in [1.82, 2.24) is 0 Å². The molecule has 0 spiro atoms. The lowest BCUT2D eigenvalue weighted by molar-refractivity contribution is 0.476. The summed E-state index contributed by atoms with van der Waals surface area (Å²) in [7, 11) is 0. The van der Waals surface area contributed by atoms with E-state index in [1.807, 2.05) is 19.9 Å². The molecule has 3 heteroatoms. The minimum Gasteiger partial charge on any atom is -0.507 e. The minimum atomic E-state index is -0.347. The molecule has 88 valence electrons. The van der Waals surface area contributed by atoms with Gasteiger partial charge in [0.25, 0.3) is 0 Å². The molecule has 0 aromatic heterocycles. The second-order valence-corrected chi connectivity index (χ2v) is 4.54. The Morgan fingerprint density at radius 1 is 1.12 bits per heavy atom. The quantitative estimate of drug-likeness (QED) is 0.792. The number of phenols is 1. The number of aromatic hydroxyl groups is 1. The van der Waals surface area contributed by atoms with Crippen LogP contribution in [0.25, 0.3) is 11.1 Å². The summed E-state index contributed by atoms with van der Waals surface area (Å²) >= 11 is 5.87. The van der Waals surface area contributed by atoms with Gasteiger partial charge in [-0.1, -0.05) is 17.7 Å². The predicted molar refractivity (Wildman–Crippen MR) is 68.0 cm³/mol. The van der Waals surface area contributed by atoms with Crippen molar-refractivity contribution in [1.29, 1.82) is 0 Å². The van der Waals surface area contributed by atoms with Gasteiger partial charge in [-0.2, -0.15) is 0 Å². The second kappa shape index (κ2) is 4.38. The fourth-order valence-electron chi connectivity index (χ4n) is 1.97. The molecule has 2 aromatic carbocycles. The Morgan fingerprint density at radius 2 is 1.82 bits per heavy atom. The predicted octanol–water partition coefficient (Wildman–Crippen LogP) is 4.47. The smallest absolute Gasteiger partial charge is 0.131 e. The molecule has 1 N–H and O–H groups in total. The zero-order valence-electron chi connectivity index (χ0n) is 9.59. The number of aryl methyl sites for hydroxylation is 2. The summed E-state index contributed by atoms with van der Waals surface area (Å²) in [6.07, 6.45) is 0. The van der Waals surface area contributed by atoms with E-state index in [0.717, 1.165) is 11.1 Å². The Hall–Kier alpha value is -1.54. The molecule has 0 atom stereocenters. The van der Waals surface area contributed by atoms with Gasteiger partial charge in [-0.3, -0.25) is 0 Å². The number of halogens is 2. The van der Waals surface area contributed by atoms with E-state index in [4.69, 9.17) is 11.6 Å². The Morgan fingerprint density at radius 3 is 2.47 bits per heavy atom. The normalized spacial score (nSPS) is 10.6. The van der Waals surface area contributed by atoms with Crippen molar-refractivity contribution in [2.45, 2.75) is 13.8 Å². The van der Waals surface area contributed by atoms with Gasteiger partial charge in [0, 0.05) is 16.1 Å². The average Bonchev–Trinajstić information content (AvgIpc) is 2.21. The van der Waals surface area contributed by atoms with Gasteiger partial charge < -0.3 is 5.11 Å². The van der Waals surface area contributed by atoms with E-state index in [0.29, 0.717) is 16.1 Å². The summed E-state index contributed by atoms with van der Waals surface area (Å²) < 4.78 is 14.0. The molecule has 0 saturated carbocycles. The average molecular weight is 251 g/mol. The van der Waals surface area contributed by atoms with Crippen LogP contribution < -0.4 is 0 Å². The molecular formula is C14H12ClFO. The van der Waals surface area contributed by atoms with Crippen LogP contribution in [0.3, 0.4) is 0 Å². The van der Waals surface area contributed by atoms with Gasteiger partial charge in [0.05, 0.1) is 0 Å². The highest BCUT2D eigenvalue weighted by atomic mass is 35.5. The van der Waals surface area contributed by atoms with Crippen LogP contribution >= 0.6 is 11.6 Å². The zero-order valence-corrected chi connectivity index (χ0v) is 10.3. The van der Waals surface area contributed by atoms with E-state index < -0.39 is 0 Å². The summed E-state index contributed by atoms with van der Waals surface area (Å²) in [5, 5.41) is 10.3. The number of hydrogen-bond donors (Lipinski definition) is 1. The summed E-state index contributed by atoms with van der Waals surface area (Å²) in [5.74, 6) is -0.319. The van der Waals surface area contributed by atoms with E-state index in [-0.39, 0.29) is 11.6 Å². The van der Waals surface area contributed by atoms with Crippen molar-refractivity contribution in [3.05, 3.63) is 52.3 Å². The van der Waals surface area contributed by atoms with E-state index in [1.54, 1.807) is 12.1 Å². The molecule has 0 bridgehead atoms. The summed E-state index contributed by atoms with van der Waals surface area (Å²) in [6.45, 7) is 3.64. The highest BCUT2D eigenvalue weighted by Gasteiger charge is 2.13. The van der Waals surface area contributed by atoms with E-state index >= 15 is 0 Å². The Bertz CT molecular complexity index is 555. The van der Waals surface area contributed by atoms with Gasteiger partial charge in [-0.25, -0.2) is 4.39 Å². The largest absolute Gasteiger partial charge is 0.507 e. The van der Waals surface area contributed by atoms with Crippen molar-refractivity contribution in [3.8, 4) is 16.9 Å². The molecule has 0 heterocycles. The minimum absolute atomic E-state index is 0.0280. The number of hydrogen-bond acceptors (Lipinski definition) is 1. The van der Waals surface area contributed by atoms with E-state index in [2.05, 4.69) is 0 Å². The van der Waals surface area contributed by atoms with Gasteiger partial charge in [0.15, 0.2) is 0 Å². The Balaban J connectivity index is 2.72. The third-order valence-electron chi connectivity index (χ3n) is 2.66. The van der Waals surface area contributed by atoms with Crippen LogP contribution in [-0.4, -0.2) is 5.11 Å². The Labute approximate surface area is 104 Å². The number of phenolic OH excluding ortho intramolecular Hbond substituents is 1. The zero-order chi connectivity index (χ0) is 12.6. The lowest BCUT2D eigenvalue weighted by atomic mass is 9.97. The summed E-state index contributed by atoms with van der Waals surface area (Å²) in [5.41, 5.74) is 2.45. The van der Waals surface area contributed by atoms with Crippen LogP contribution in [-0.2, 0) is 0 Å². The number of rotatable bonds is 1. The molecule has 0 saturated heterocycles. The van der Waals surface area contributed by atoms with Crippen LogP contribution in [0.5, 0.6) is 5.75 Å². The lowest BCUT2D eigenvalue weighted by Gasteiger charge is -2.11. The highest BCUT2D eigenvalue weighted by Crippen LogP contribution is 2.35. The molecule has 0 radical (unpaired) electrons. The first-order chi connectivity index (χ1) is 7.99. The molecule has 1 nitrogen and oxygen atoms in total. The van der Waals surface area contributed by atoms with Crippen LogP contribution in [0, 0.1) is 19.7 Å². The topological polar surface area (TPSA) is 20.2 Å². The molecule has 2 aromatic rings. The third kappa shape index (κ3) is 2.27. The highest BCUT2D eigenvalue weighted by molar-refractivity contribution is 6.31. The van der Waals surface area contributed by atoms with E-state index in [9.17, 15) is 9.50 Å². The SMILES string of the molecule is Cc1cc(C)c(-c2cc(Cl)ccc2O)c(F)c1. The first-order valence-corrected chi connectivity index (χ1v) is 5.62. The van der Waals surface area contributed by atoms with Crippen LogP contribution in [0.1, 0.15) is 11.1 Å². The van der Waals surface area contributed by atoms with Crippen molar-refractivity contribution >= 4 is 11.6 Å². The first kappa shape index (κ1) is 11.9. The van der Waals surface area contributed by atoms with E-state index in [1.165, 1.54) is 12.1 Å². The molecule has 2 rings (SSSR count). The van der Waals surface area contributed by atoms with Gasteiger partial charge in [-0.15, -0.1) is 0 Å². The summed E-state index contributed by atoms with van der Waals surface area (Å²) in [6, 6.07) is 7.93. The van der Waals surface area contributed by atoms with Crippen molar-refractivity contribution in [2.75, 3.05) is 0 Å². The molecule has 0 aliphatic heterocycles. The third-order valence-corrected chi connectivity index (χ3v) is 2.89. The molecular weight excluding hydrogens is 239 g/mol. The van der Waals surface area contributed by atoms with Crippen molar-refractivity contribution < 1.29 is 9.50 Å². The van der Waals surface area contributed by atoms with Crippen molar-refractivity contribution in [2.24, 2.45) is 0 Å². The Kier molecular flexibility index (Phi) is 3.07. The maximum Gasteiger partial charge on any atom is 0.131 e. The fraction of sp³-hybridized carbons (Fsp3) is 0.143. The summed E-state index contributed by atoms with van der Waals surface area (Å²) in [4.78, 5) is 0. The van der Waals surface area contributed by atoms with Gasteiger partial charge in [0.1, 0.15) is 11.6 Å².